The van der Waals surface area contributed by atoms with Crippen LogP contribution in [0.15, 0.2) is 27.6 Å². The average Bonchev–Trinajstić information content (AvgIpc) is 2.39. The summed E-state index contributed by atoms with van der Waals surface area (Å²) in [6.07, 6.45) is 2.95. The SMILES string of the molecule is COc1cc(S(=O)(=O)N2CCCC[C@H]2C)ccc1Br. The number of hydrogen-bond acceptors (Lipinski definition) is 3. The van der Waals surface area contributed by atoms with Gasteiger partial charge in [-0.15, -0.1) is 0 Å². The first kappa shape index (κ1) is 14.8. The second-order valence-corrected chi connectivity index (χ2v) is 7.50. The molecule has 0 aliphatic carbocycles. The van der Waals surface area contributed by atoms with E-state index >= 15 is 0 Å². The summed E-state index contributed by atoms with van der Waals surface area (Å²) in [5, 5.41) is 0. The van der Waals surface area contributed by atoms with Gasteiger partial charge in [0.1, 0.15) is 5.75 Å². The van der Waals surface area contributed by atoms with Gasteiger partial charge in [0.2, 0.25) is 10.0 Å². The van der Waals surface area contributed by atoms with Crippen LogP contribution in [0.4, 0.5) is 0 Å². The predicted octanol–water partition coefficient (Wildman–Crippen LogP) is 3.02. The van der Waals surface area contributed by atoms with Crippen molar-refractivity contribution in [3.63, 3.8) is 0 Å². The van der Waals surface area contributed by atoms with Crippen LogP contribution in [0.1, 0.15) is 26.2 Å². The number of hydrogen-bond donors (Lipinski definition) is 0. The first-order valence-corrected chi connectivity index (χ1v) is 8.55. The number of piperidine rings is 1. The van der Waals surface area contributed by atoms with Crippen LogP contribution >= 0.6 is 15.9 Å². The van der Waals surface area contributed by atoms with Crippen molar-refractivity contribution in [2.24, 2.45) is 0 Å². The van der Waals surface area contributed by atoms with Gasteiger partial charge in [0.15, 0.2) is 0 Å². The molecule has 0 aromatic heterocycles. The molecule has 106 valence electrons. The van der Waals surface area contributed by atoms with Gasteiger partial charge < -0.3 is 4.74 Å². The molecule has 1 aliphatic heterocycles. The highest BCUT2D eigenvalue weighted by Gasteiger charge is 2.31. The number of benzene rings is 1. The van der Waals surface area contributed by atoms with E-state index in [-0.39, 0.29) is 6.04 Å². The molecule has 1 saturated heterocycles. The van der Waals surface area contributed by atoms with Crippen LogP contribution < -0.4 is 4.74 Å². The molecule has 19 heavy (non-hydrogen) atoms. The van der Waals surface area contributed by atoms with Gasteiger partial charge in [-0.25, -0.2) is 8.42 Å². The van der Waals surface area contributed by atoms with Crippen molar-refractivity contribution in [3.8, 4) is 5.75 Å². The molecule has 0 radical (unpaired) electrons. The number of rotatable bonds is 3. The fraction of sp³-hybridized carbons (Fsp3) is 0.538. The summed E-state index contributed by atoms with van der Waals surface area (Å²) in [5.74, 6) is 0.533. The number of ether oxygens (including phenoxy) is 1. The van der Waals surface area contributed by atoms with Crippen LogP contribution in [-0.4, -0.2) is 32.4 Å². The highest BCUT2D eigenvalue weighted by atomic mass is 79.9. The van der Waals surface area contributed by atoms with Crippen LogP contribution in [-0.2, 0) is 10.0 Å². The Kier molecular flexibility index (Phi) is 4.53. The zero-order chi connectivity index (χ0) is 14.0. The minimum absolute atomic E-state index is 0.0633. The zero-order valence-corrected chi connectivity index (χ0v) is 13.5. The van der Waals surface area contributed by atoms with Gasteiger partial charge in [0.25, 0.3) is 0 Å². The lowest BCUT2D eigenvalue weighted by Crippen LogP contribution is -2.41. The third-order valence-electron chi connectivity index (χ3n) is 3.47. The normalized spacial score (nSPS) is 21.3. The number of halogens is 1. The summed E-state index contributed by atoms with van der Waals surface area (Å²) in [5.41, 5.74) is 0. The van der Waals surface area contributed by atoms with E-state index in [0.717, 1.165) is 23.7 Å². The molecule has 0 saturated carbocycles. The summed E-state index contributed by atoms with van der Waals surface area (Å²) in [6.45, 7) is 2.56. The fourth-order valence-corrected chi connectivity index (χ4v) is 4.49. The maximum Gasteiger partial charge on any atom is 0.243 e. The number of sulfonamides is 1. The lowest BCUT2D eigenvalue weighted by Gasteiger charge is -2.32. The van der Waals surface area contributed by atoms with Gasteiger partial charge in [-0.2, -0.15) is 4.31 Å². The topological polar surface area (TPSA) is 46.6 Å². The Morgan fingerprint density at radius 3 is 2.74 bits per heavy atom. The van der Waals surface area contributed by atoms with Gasteiger partial charge in [-0.05, 0) is 47.8 Å². The van der Waals surface area contributed by atoms with Crippen molar-refractivity contribution in [2.45, 2.75) is 37.1 Å². The first-order chi connectivity index (χ1) is 8.96. The summed E-state index contributed by atoms with van der Waals surface area (Å²) in [6, 6.07) is 4.96. The van der Waals surface area contributed by atoms with Crippen LogP contribution in [0, 0.1) is 0 Å². The quantitative estimate of drug-likeness (QED) is 0.844. The molecular formula is C13H18BrNO3S. The molecule has 1 aliphatic rings. The highest BCUT2D eigenvalue weighted by molar-refractivity contribution is 9.10. The second-order valence-electron chi connectivity index (χ2n) is 4.76. The smallest absolute Gasteiger partial charge is 0.243 e. The lowest BCUT2D eigenvalue weighted by atomic mass is 10.1. The first-order valence-electron chi connectivity index (χ1n) is 6.32. The van der Waals surface area contributed by atoms with Crippen molar-refractivity contribution in [1.29, 1.82) is 0 Å². The molecule has 0 spiro atoms. The molecule has 1 aromatic carbocycles. The summed E-state index contributed by atoms with van der Waals surface area (Å²) in [4.78, 5) is 0.293. The van der Waals surface area contributed by atoms with E-state index in [2.05, 4.69) is 15.9 Å². The molecule has 6 heteroatoms. The number of methoxy groups -OCH3 is 1. The Morgan fingerprint density at radius 2 is 2.11 bits per heavy atom. The Morgan fingerprint density at radius 1 is 1.37 bits per heavy atom. The van der Waals surface area contributed by atoms with Crippen LogP contribution in [0.5, 0.6) is 5.75 Å². The number of nitrogens with zero attached hydrogens (tertiary/aromatic N) is 1. The molecule has 1 atom stereocenters. The maximum atomic E-state index is 12.6. The van der Waals surface area contributed by atoms with E-state index < -0.39 is 10.0 Å². The molecule has 0 unspecified atom stereocenters. The van der Waals surface area contributed by atoms with E-state index in [1.165, 1.54) is 7.11 Å². The molecule has 1 heterocycles. The highest BCUT2D eigenvalue weighted by Crippen LogP contribution is 2.31. The third kappa shape index (κ3) is 2.95. The lowest BCUT2D eigenvalue weighted by molar-refractivity contribution is 0.268. The van der Waals surface area contributed by atoms with E-state index in [1.54, 1.807) is 22.5 Å². The van der Waals surface area contributed by atoms with Gasteiger partial charge in [-0.3, -0.25) is 0 Å². The van der Waals surface area contributed by atoms with E-state index in [4.69, 9.17) is 4.74 Å². The molecule has 0 bridgehead atoms. The van der Waals surface area contributed by atoms with Gasteiger partial charge in [-0.1, -0.05) is 6.42 Å². The Balaban J connectivity index is 2.38. The maximum absolute atomic E-state index is 12.6. The summed E-state index contributed by atoms with van der Waals surface area (Å²) < 4.78 is 32.8. The monoisotopic (exact) mass is 347 g/mol. The van der Waals surface area contributed by atoms with Crippen LogP contribution in [0.2, 0.25) is 0 Å². The van der Waals surface area contributed by atoms with Crippen molar-refractivity contribution in [1.82, 2.24) is 4.31 Å². The van der Waals surface area contributed by atoms with Gasteiger partial charge in [0.05, 0.1) is 16.5 Å². The minimum atomic E-state index is -3.43. The van der Waals surface area contributed by atoms with Crippen LogP contribution in [0.3, 0.4) is 0 Å². The largest absolute Gasteiger partial charge is 0.496 e. The van der Waals surface area contributed by atoms with Crippen molar-refractivity contribution < 1.29 is 13.2 Å². The van der Waals surface area contributed by atoms with E-state index in [0.29, 0.717) is 17.2 Å². The van der Waals surface area contributed by atoms with Crippen molar-refractivity contribution >= 4 is 26.0 Å². The van der Waals surface area contributed by atoms with E-state index in [1.807, 2.05) is 6.92 Å². The second kappa shape index (κ2) is 5.81. The Bertz CT molecular complexity index is 559. The summed E-state index contributed by atoms with van der Waals surface area (Å²) >= 11 is 3.33. The standard InChI is InChI=1S/C13H18BrNO3S/c1-10-5-3-4-8-15(10)19(16,17)11-6-7-12(14)13(9-11)18-2/h6-7,9-10H,3-5,8H2,1-2H3/t10-/m1/s1. The summed E-state index contributed by atoms with van der Waals surface area (Å²) in [7, 11) is -1.90. The fourth-order valence-electron chi connectivity index (χ4n) is 2.36. The molecule has 4 nitrogen and oxygen atoms in total. The molecule has 1 fully saturated rings. The molecule has 0 amide bonds. The molecular weight excluding hydrogens is 330 g/mol. The molecule has 1 aromatic rings. The third-order valence-corrected chi connectivity index (χ3v) is 6.14. The minimum Gasteiger partial charge on any atom is -0.496 e. The Labute approximate surface area is 122 Å². The van der Waals surface area contributed by atoms with Crippen molar-refractivity contribution in [3.05, 3.63) is 22.7 Å². The predicted molar refractivity (Wildman–Crippen MR) is 77.9 cm³/mol. The van der Waals surface area contributed by atoms with Gasteiger partial charge in [0, 0.05) is 18.7 Å². The van der Waals surface area contributed by atoms with Crippen LogP contribution in [0.25, 0.3) is 0 Å². The Hall–Kier alpha value is -0.590. The molecule has 0 N–H and O–H groups in total. The van der Waals surface area contributed by atoms with E-state index in [9.17, 15) is 8.42 Å². The van der Waals surface area contributed by atoms with Gasteiger partial charge >= 0.3 is 0 Å². The average molecular weight is 348 g/mol. The molecule has 2 rings (SSSR count). The zero-order valence-electron chi connectivity index (χ0n) is 11.1. The van der Waals surface area contributed by atoms with Crippen molar-refractivity contribution in [2.75, 3.05) is 13.7 Å².